The van der Waals surface area contributed by atoms with Gasteiger partial charge >= 0.3 is 0 Å². The van der Waals surface area contributed by atoms with Crippen molar-refractivity contribution >= 4 is 5.91 Å². The van der Waals surface area contributed by atoms with Crippen molar-refractivity contribution in [3.8, 4) is 0 Å². The number of carbonyl (C=O) groups is 1. The minimum atomic E-state index is -1.06. The molecule has 0 aromatic rings. The van der Waals surface area contributed by atoms with Crippen LogP contribution in [0.25, 0.3) is 0 Å². The maximum absolute atomic E-state index is 12.4. The topological polar surface area (TPSA) is 89.8 Å². The smallest absolute Gasteiger partial charge is 0.249 e. The normalized spacial score (nSPS) is 13.7. The van der Waals surface area contributed by atoms with E-state index in [2.05, 4.69) is 19.2 Å². The summed E-state index contributed by atoms with van der Waals surface area (Å²) >= 11 is 0. The fourth-order valence-corrected chi connectivity index (χ4v) is 6.31. The monoisotopic (exact) mass is 626 g/mol. The van der Waals surface area contributed by atoms with Crippen LogP contribution in [-0.2, 0) is 4.79 Å². The molecule has 0 fully saturated rings. The summed E-state index contributed by atoms with van der Waals surface area (Å²) in [6.45, 7) is 4.22. The highest BCUT2D eigenvalue weighted by Crippen LogP contribution is 2.16. The largest absolute Gasteiger partial charge is 0.394 e. The maximum atomic E-state index is 12.4. The first-order valence-electron chi connectivity index (χ1n) is 19.8. The Morgan fingerprint density at radius 2 is 0.727 bits per heavy atom. The summed E-state index contributed by atoms with van der Waals surface area (Å²) < 4.78 is 0. The zero-order valence-corrected chi connectivity index (χ0v) is 29.8. The molecule has 0 rings (SSSR count). The number of carbonyl (C=O) groups excluding carboxylic acids is 1. The summed E-state index contributed by atoms with van der Waals surface area (Å²) in [6, 6.07) is -0.704. The van der Waals surface area contributed by atoms with Crippen molar-refractivity contribution < 1.29 is 20.1 Å². The number of unbranched alkanes of at least 4 members (excludes halogenated alkanes) is 28. The molecule has 3 unspecified atom stereocenters. The Morgan fingerprint density at radius 1 is 0.455 bits per heavy atom. The molecule has 0 aliphatic rings. The van der Waals surface area contributed by atoms with Crippen molar-refractivity contribution in [1.29, 1.82) is 0 Å². The van der Waals surface area contributed by atoms with Crippen molar-refractivity contribution in [3.05, 3.63) is 0 Å². The van der Waals surface area contributed by atoms with Crippen molar-refractivity contribution in [2.45, 2.75) is 238 Å². The van der Waals surface area contributed by atoms with E-state index in [0.717, 1.165) is 32.1 Å². The quantitative estimate of drug-likeness (QED) is 0.0521. The van der Waals surface area contributed by atoms with Crippen LogP contribution in [0, 0.1) is 0 Å². The van der Waals surface area contributed by atoms with E-state index in [1.807, 2.05) is 0 Å². The zero-order valence-electron chi connectivity index (χ0n) is 29.8. The molecule has 5 heteroatoms. The molecule has 5 nitrogen and oxygen atoms in total. The van der Waals surface area contributed by atoms with Crippen LogP contribution in [0.1, 0.15) is 219 Å². The highest BCUT2D eigenvalue weighted by molar-refractivity contribution is 5.80. The van der Waals surface area contributed by atoms with Gasteiger partial charge in [0.15, 0.2) is 0 Å². The van der Waals surface area contributed by atoms with E-state index >= 15 is 0 Å². The highest BCUT2D eigenvalue weighted by atomic mass is 16.3. The SMILES string of the molecule is CCCCCCCCCCCCCCCCCCCCCCC(O)C(CO)NC(=O)C(O)CCCCCCCCCCCC. The number of amides is 1. The molecule has 44 heavy (non-hydrogen) atoms. The number of aliphatic hydroxyl groups excluding tert-OH is 3. The zero-order chi connectivity index (χ0) is 32.4. The minimum absolute atomic E-state index is 0.308. The van der Waals surface area contributed by atoms with E-state index in [-0.39, 0.29) is 6.61 Å². The van der Waals surface area contributed by atoms with Crippen molar-refractivity contribution in [2.75, 3.05) is 6.61 Å². The summed E-state index contributed by atoms with van der Waals surface area (Å²) in [7, 11) is 0. The lowest BCUT2D eigenvalue weighted by Gasteiger charge is -2.23. The highest BCUT2D eigenvalue weighted by Gasteiger charge is 2.23. The minimum Gasteiger partial charge on any atom is -0.394 e. The standard InChI is InChI=1S/C39H79NO4/c1-3-5-7-9-11-13-15-16-17-18-19-20-21-22-23-24-26-27-29-31-33-37(42)36(35-41)40-39(44)38(43)34-32-30-28-25-14-12-10-8-6-4-2/h36-38,41-43H,3-35H2,1-2H3,(H,40,44). The third kappa shape index (κ3) is 30.0. The molecule has 0 saturated carbocycles. The first kappa shape index (κ1) is 43.4. The van der Waals surface area contributed by atoms with Crippen LogP contribution >= 0.6 is 0 Å². The third-order valence-electron chi connectivity index (χ3n) is 9.48. The number of nitrogens with one attached hydrogen (secondary N) is 1. The van der Waals surface area contributed by atoms with Gasteiger partial charge in [-0.15, -0.1) is 0 Å². The van der Waals surface area contributed by atoms with Crippen molar-refractivity contribution in [2.24, 2.45) is 0 Å². The number of rotatable bonds is 36. The van der Waals surface area contributed by atoms with Crippen LogP contribution in [0.4, 0.5) is 0 Å². The van der Waals surface area contributed by atoms with Gasteiger partial charge in [-0.3, -0.25) is 4.79 Å². The Hall–Kier alpha value is -0.650. The van der Waals surface area contributed by atoms with Gasteiger partial charge in [-0.2, -0.15) is 0 Å². The second-order valence-electron chi connectivity index (χ2n) is 13.9. The maximum Gasteiger partial charge on any atom is 0.249 e. The molecule has 4 N–H and O–H groups in total. The molecule has 1 amide bonds. The third-order valence-corrected chi connectivity index (χ3v) is 9.48. The molecular formula is C39H79NO4. The molecule has 0 spiro atoms. The van der Waals surface area contributed by atoms with Crippen LogP contribution in [0.15, 0.2) is 0 Å². The van der Waals surface area contributed by atoms with Crippen LogP contribution in [0.5, 0.6) is 0 Å². The van der Waals surface area contributed by atoms with Gasteiger partial charge in [-0.25, -0.2) is 0 Å². The van der Waals surface area contributed by atoms with Crippen LogP contribution in [0.2, 0.25) is 0 Å². The molecule has 0 aromatic carbocycles. The van der Waals surface area contributed by atoms with Gasteiger partial charge in [0.2, 0.25) is 5.91 Å². The lowest BCUT2D eigenvalue weighted by atomic mass is 10.0. The second-order valence-corrected chi connectivity index (χ2v) is 13.9. The molecule has 0 heterocycles. The Bertz CT molecular complexity index is 572. The van der Waals surface area contributed by atoms with Crippen molar-refractivity contribution in [1.82, 2.24) is 5.32 Å². The molecule has 0 aromatic heterocycles. The number of hydrogen-bond donors (Lipinski definition) is 4. The van der Waals surface area contributed by atoms with Gasteiger partial charge in [0.25, 0.3) is 0 Å². The fraction of sp³-hybridized carbons (Fsp3) is 0.974. The molecule has 0 radical (unpaired) electrons. The summed E-state index contributed by atoms with van der Waals surface area (Å²) in [6.07, 6.45) is 38.1. The summed E-state index contributed by atoms with van der Waals surface area (Å²) in [5.74, 6) is -0.470. The average molecular weight is 626 g/mol. The molecule has 0 aliphatic carbocycles. The number of hydrogen-bond acceptors (Lipinski definition) is 4. The summed E-state index contributed by atoms with van der Waals surface area (Å²) in [4.78, 5) is 12.4. The van der Waals surface area contributed by atoms with E-state index in [0.29, 0.717) is 12.8 Å². The van der Waals surface area contributed by atoms with Crippen LogP contribution in [-0.4, -0.2) is 46.1 Å². The van der Waals surface area contributed by atoms with Crippen LogP contribution < -0.4 is 5.32 Å². The fourth-order valence-electron chi connectivity index (χ4n) is 6.31. The van der Waals surface area contributed by atoms with Gasteiger partial charge in [0.05, 0.1) is 18.8 Å². The first-order valence-corrected chi connectivity index (χ1v) is 19.8. The summed E-state index contributed by atoms with van der Waals surface area (Å²) in [5, 5.41) is 33.1. The van der Waals surface area contributed by atoms with E-state index in [9.17, 15) is 20.1 Å². The van der Waals surface area contributed by atoms with E-state index in [1.54, 1.807) is 0 Å². The average Bonchev–Trinajstić information content (AvgIpc) is 3.03. The van der Waals surface area contributed by atoms with E-state index < -0.39 is 24.2 Å². The lowest BCUT2D eigenvalue weighted by Crippen LogP contribution is -2.49. The molecule has 3 atom stereocenters. The first-order chi connectivity index (χ1) is 21.6. The van der Waals surface area contributed by atoms with Gasteiger partial charge < -0.3 is 20.6 Å². The Labute approximate surface area is 275 Å². The molecular weight excluding hydrogens is 546 g/mol. The van der Waals surface area contributed by atoms with Gasteiger partial charge in [0, 0.05) is 0 Å². The Balaban J connectivity index is 3.58. The van der Waals surface area contributed by atoms with Crippen LogP contribution in [0.3, 0.4) is 0 Å². The Morgan fingerprint density at radius 3 is 1.02 bits per heavy atom. The molecule has 0 aliphatic heterocycles. The van der Waals surface area contributed by atoms with E-state index in [4.69, 9.17) is 0 Å². The predicted molar refractivity (Wildman–Crippen MR) is 190 cm³/mol. The summed E-state index contributed by atoms with van der Waals surface area (Å²) in [5.41, 5.74) is 0. The Kier molecular flexibility index (Phi) is 34.7. The van der Waals surface area contributed by atoms with Gasteiger partial charge in [0.1, 0.15) is 6.10 Å². The molecule has 0 saturated heterocycles. The van der Waals surface area contributed by atoms with Gasteiger partial charge in [-0.05, 0) is 12.8 Å². The van der Waals surface area contributed by atoms with E-state index in [1.165, 1.54) is 161 Å². The lowest BCUT2D eigenvalue weighted by molar-refractivity contribution is -0.131. The predicted octanol–water partition coefficient (Wildman–Crippen LogP) is 10.7. The molecule has 264 valence electrons. The number of aliphatic hydroxyl groups is 3. The van der Waals surface area contributed by atoms with Gasteiger partial charge in [-0.1, -0.05) is 206 Å². The van der Waals surface area contributed by atoms with Crippen molar-refractivity contribution in [3.63, 3.8) is 0 Å². The second kappa shape index (κ2) is 35.2. The molecule has 0 bridgehead atoms.